The normalized spacial score (nSPS) is 12.1. The zero-order chi connectivity index (χ0) is 10.8. The zero-order valence-corrected chi connectivity index (χ0v) is 8.85. The minimum atomic E-state index is -2.26. The van der Waals surface area contributed by atoms with Crippen molar-refractivity contribution in [1.29, 1.82) is 0 Å². The third-order valence-electron chi connectivity index (χ3n) is 2.18. The molecule has 0 aromatic heterocycles. The van der Waals surface area contributed by atoms with Gasteiger partial charge in [0.25, 0.3) is 0 Å². The molecule has 78 valence electrons. The van der Waals surface area contributed by atoms with Crippen LogP contribution in [-0.2, 0) is 11.8 Å². The standard InChI is InChI=1S/C12H16F2/c1-12(2,3)10-6-4-5-9(7-10)8-11(13)14/h4-7,11H,8H2,1-3H3. The molecular formula is C12H16F2. The summed E-state index contributed by atoms with van der Waals surface area (Å²) in [5.74, 6) is 0. The molecule has 0 saturated carbocycles. The Morgan fingerprint density at radius 3 is 2.36 bits per heavy atom. The van der Waals surface area contributed by atoms with Gasteiger partial charge in [-0.05, 0) is 16.5 Å². The second-order valence-electron chi connectivity index (χ2n) is 4.55. The van der Waals surface area contributed by atoms with Crippen molar-refractivity contribution in [1.82, 2.24) is 0 Å². The molecule has 1 rings (SSSR count). The second-order valence-corrected chi connectivity index (χ2v) is 4.55. The molecule has 0 aliphatic heterocycles. The summed E-state index contributed by atoms with van der Waals surface area (Å²) in [7, 11) is 0. The fraction of sp³-hybridized carbons (Fsp3) is 0.500. The average molecular weight is 198 g/mol. The lowest BCUT2D eigenvalue weighted by atomic mass is 9.86. The smallest absolute Gasteiger partial charge is 0.210 e. The van der Waals surface area contributed by atoms with Crippen LogP contribution in [0.5, 0.6) is 0 Å². The molecule has 1 aromatic rings. The van der Waals surface area contributed by atoms with E-state index in [1.165, 1.54) is 0 Å². The van der Waals surface area contributed by atoms with Crippen molar-refractivity contribution in [2.75, 3.05) is 0 Å². The van der Waals surface area contributed by atoms with Crippen molar-refractivity contribution in [2.45, 2.75) is 39.0 Å². The van der Waals surface area contributed by atoms with Crippen molar-refractivity contribution in [3.63, 3.8) is 0 Å². The Morgan fingerprint density at radius 1 is 1.21 bits per heavy atom. The quantitative estimate of drug-likeness (QED) is 0.678. The molecule has 0 aliphatic carbocycles. The molecule has 0 nitrogen and oxygen atoms in total. The summed E-state index contributed by atoms with van der Waals surface area (Å²) in [5, 5.41) is 0. The van der Waals surface area contributed by atoms with Crippen LogP contribution in [0.4, 0.5) is 8.78 Å². The summed E-state index contributed by atoms with van der Waals surface area (Å²) in [6, 6.07) is 7.45. The van der Waals surface area contributed by atoms with E-state index in [2.05, 4.69) is 20.8 Å². The van der Waals surface area contributed by atoms with Crippen LogP contribution in [-0.4, -0.2) is 6.43 Å². The van der Waals surface area contributed by atoms with E-state index in [4.69, 9.17) is 0 Å². The first-order valence-corrected chi connectivity index (χ1v) is 4.77. The Kier molecular flexibility index (Phi) is 3.25. The van der Waals surface area contributed by atoms with E-state index in [1.54, 1.807) is 6.07 Å². The molecule has 0 aliphatic rings. The topological polar surface area (TPSA) is 0 Å². The van der Waals surface area contributed by atoms with Crippen molar-refractivity contribution in [2.24, 2.45) is 0 Å². The van der Waals surface area contributed by atoms with Crippen LogP contribution >= 0.6 is 0 Å². The number of hydrogen-bond acceptors (Lipinski definition) is 0. The minimum absolute atomic E-state index is 0.0259. The fourth-order valence-electron chi connectivity index (χ4n) is 1.34. The van der Waals surface area contributed by atoms with Gasteiger partial charge in [-0.25, -0.2) is 8.78 Å². The highest BCUT2D eigenvalue weighted by atomic mass is 19.3. The Morgan fingerprint density at radius 2 is 1.86 bits per heavy atom. The monoisotopic (exact) mass is 198 g/mol. The average Bonchev–Trinajstić information content (AvgIpc) is 2.01. The van der Waals surface area contributed by atoms with Gasteiger partial charge in [0.05, 0.1) is 0 Å². The second kappa shape index (κ2) is 4.07. The Hall–Kier alpha value is -0.920. The van der Waals surface area contributed by atoms with Crippen LogP contribution < -0.4 is 0 Å². The molecule has 0 N–H and O–H groups in total. The molecule has 0 radical (unpaired) electrons. The molecule has 0 unspecified atom stereocenters. The summed E-state index contributed by atoms with van der Waals surface area (Å²) >= 11 is 0. The van der Waals surface area contributed by atoms with E-state index in [1.807, 2.05) is 18.2 Å². The number of rotatable bonds is 2. The van der Waals surface area contributed by atoms with E-state index in [0.29, 0.717) is 5.56 Å². The predicted molar refractivity (Wildman–Crippen MR) is 54.9 cm³/mol. The predicted octanol–water partition coefficient (Wildman–Crippen LogP) is 3.79. The first-order chi connectivity index (χ1) is 6.39. The number of halogens is 2. The van der Waals surface area contributed by atoms with Crippen molar-refractivity contribution in [3.05, 3.63) is 35.4 Å². The van der Waals surface area contributed by atoms with E-state index in [-0.39, 0.29) is 11.8 Å². The minimum Gasteiger partial charge on any atom is -0.210 e. The Labute approximate surface area is 84.0 Å². The van der Waals surface area contributed by atoms with Crippen LogP contribution in [0, 0.1) is 0 Å². The van der Waals surface area contributed by atoms with Gasteiger partial charge in [0.1, 0.15) is 0 Å². The third-order valence-corrected chi connectivity index (χ3v) is 2.18. The van der Waals surface area contributed by atoms with Gasteiger partial charge in [0.15, 0.2) is 0 Å². The molecule has 0 fully saturated rings. The molecule has 14 heavy (non-hydrogen) atoms. The number of benzene rings is 1. The Bertz CT molecular complexity index is 297. The van der Waals surface area contributed by atoms with Gasteiger partial charge in [0, 0.05) is 6.42 Å². The van der Waals surface area contributed by atoms with Crippen LogP contribution in [0.2, 0.25) is 0 Å². The molecule has 0 amide bonds. The van der Waals surface area contributed by atoms with Gasteiger partial charge in [-0.3, -0.25) is 0 Å². The maximum Gasteiger partial charge on any atom is 0.242 e. The molecule has 0 saturated heterocycles. The van der Waals surface area contributed by atoms with E-state index >= 15 is 0 Å². The Balaban J connectivity index is 2.90. The van der Waals surface area contributed by atoms with Crippen LogP contribution in [0.3, 0.4) is 0 Å². The molecule has 0 heterocycles. The van der Waals surface area contributed by atoms with Gasteiger partial charge in [-0.2, -0.15) is 0 Å². The summed E-state index contributed by atoms with van der Waals surface area (Å²) in [6.45, 7) is 6.23. The van der Waals surface area contributed by atoms with Crippen LogP contribution in [0.25, 0.3) is 0 Å². The van der Waals surface area contributed by atoms with Crippen molar-refractivity contribution in [3.8, 4) is 0 Å². The maximum atomic E-state index is 12.1. The summed E-state index contributed by atoms with van der Waals surface area (Å²) in [4.78, 5) is 0. The van der Waals surface area contributed by atoms with Gasteiger partial charge in [-0.15, -0.1) is 0 Å². The molecule has 0 atom stereocenters. The molecule has 0 spiro atoms. The van der Waals surface area contributed by atoms with E-state index in [9.17, 15) is 8.78 Å². The highest BCUT2D eigenvalue weighted by molar-refractivity contribution is 5.28. The lowest BCUT2D eigenvalue weighted by Crippen LogP contribution is -2.11. The molecular weight excluding hydrogens is 182 g/mol. The van der Waals surface area contributed by atoms with Gasteiger partial charge in [-0.1, -0.05) is 45.0 Å². The highest BCUT2D eigenvalue weighted by Gasteiger charge is 2.14. The molecule has 1 aromatic carbocycles. The van der Waals surface area contributed by atoms with Crippen molar-refractivity contribution >= 4 is 0 Å². The SMILES string of the molecule is CC(C)(C)c1cccc(CC(F)F)c1. The molecule has 0 bridgehead atoms. The van der Waals surface area contributed by atoms with Crippen LogP contribution in [0.1, 0.15) is 31.9 Å². The lowest BCUT2D eigenvalue weighted by Gasteiger charge is -2.19. The zero-order valence-electron chi connectivity index (χ0n) is 8.85. The number of alkyl halides is 2. The maximum absolute atomic E-state index is 12.1. The van der Waals surface area contributed by atoms with Gasteiger partial charge >= 0.3 is 0 Å². The molecule has 2 heteroatoms. The van der Waals surface area contributed by atoms with Gasteiger partial charge in [0.2, 0.25) is 6.43 Å². The first-order valence-electron chi connectivity index (χ1n) is 4.77. The lowest BCUT2D eigenvalue weighted by molar-refractivity contribution is 0.149. The summed E-state index contributed by atoms with van der Waals surface area (Å²) < 4.78 is 24.3. The van der Waals surface area contributed by atoms with Gasteiger partial charge < -0.3 is 0 Å². The summed E-state index contributed by atoms with van der Waals surface area (Å²) in [5.41, 5.74) is 1.85. The first kappa shape index (κ1) is 11.2. The number of hydrogen-bond donors (Lipinski definition) is 0. The summed E-state index contributed by atoms with van der Waals surface area (Å²) in [6.07, 6.45) is -2.41. The van der Waals surface area contributed by atoms with Crippen molar-refractivity contribution < 1.29 is 8.78 Å². The largest absolute Gasteiger partial charge is 0.242 e. The third kappa shape index (κ3) is 3.09. The van der Waals surface area contributed by atoms with E-state index in [0.717, 1.165) is 5.56 Å². The highest BCUT2D eigenvalue weighted by Crippen LogP contribution is 2.23. The fourth-order valence-corrected chi connectivity index (χ4v) is 1.34. The van der Waals surface area contributed by atoms with Crippen LogP contribution in [0.15, 0.2) is 24.3 Å². The van der Waals surface area contributed by atoms with E-state index < -0.39 is 6.43 Å².